The van der Waals surface area contributed by atoms with Gasteiger partial charge in [-0.25, -0.2) is 4.98 Å². The Hall–Kier alpha value is -0.130. The van der Waals surface area contributed by atoms with E-state index in [1.165, 1.54) is 0 Å². The van der Waals surface area contributed by atoms with E-state index in [0.29, 0.717) is 0 Å². The normalized spacial score (nSPS) is 12.6. The van der Waals surface area contributed by atoms with E-state index < -0.39 is 0 Å². The van der Waals surface area contributed by atoms with Crippen molar-refractivity contribution in [2.75, 3.05) is 11.9 Å². The van der Waals surface area contributed by atoms with Crippen molar-refractivity contribution in [2.24, 2.45) is 0 Å². The summed E-state index contributed by atoms with van der Waals surface area (Å²) < 4.78 is 1.71. The van der Waals surface area contributed by atoms with Gasteiger partial charge in [-0.3, -0.25) is 0 Å². The van der Waals surface area contributed by atoms with Gasteiger partial charge >= 0.3 is 0 Å². The largest absolute Gasteiger partial charge is 0.396 e. The van der Waals surface area contributed by atoms with E-state index in [2.05, 4.69) is 42.2 Å². The van der Waals surface area contributed by atoms with E-state index in [4.69, 9.17) is 5.11 Å². The Morgan fingerprint density at radius 2 is 2.29 bits per heavy atom. The maximum atomic E-state index is 8.76. The summed E-state index contributed by atoms with van der Waals surface area (Å²) in [4.78, 5) is 4.14. The SMILES string of the molecule is C[C@@H](CCO)Nc1cc(Br)cnc1Br. The fourth-order valence-electron chi connectivity index (χ4n) is 1.06. The van der Waals surface area contributed by atoms with Gasteiger partial charge in [0.05, 0.1) is 5.69 Å². The second-order valence-electron chi connectivity index (χ2n) is 3.05. The molecule has 1 rings (SSSR count). The molecule has 0 aromatic carbocycles. The van der Waals surface area contributed by atoms with Gasteiger partial charge in [-0.05, 0) is 51.3 Å². The van der Waals surface area contributed by atoms with Gasteiger partial charge in [-0.1, -0.05) is 0 Å². The van der Waals surface area contributed by atoms with Crippen molar-refractivity contribution >= 4 is 37.5 Å². The molecule has 3 nitrogen and oxygen atoms in total. The molecule has 1 atom stereocenters. The van der Waals surface area contributed by atoms with Crippen LogP contribution in [0.4, 0.5) is 5.69 Å². The van der Waals surface area contributed by atoms with E-state index in [-0.39, 0.29) is 12.6 Å². The molecule has 0 aliphatic carbocycles. The smallest absolute Gasteiger partial charge is 0.129 e. The number of hydrogen-bond acceptors (Lipinski definition) is 3. The average Bonchev–Trinajstić information content (AvgIpc) is 2.12. The first-order chi connectivity index (χ1) is 6.63. The first kappa shape index (κ1) is 11.9. The number of aliphatic hydroxyl groups is 1. The molecule has 0 radical (unpaired) electrons. The number of aliphatic hydroxyl groups excluding tert-OH is 1. The minimum absolute atomic E-state index is 0.188. The fourth-order valence-corrected chi connectivity index (χ4v) is 1.72. The number of rotatable bonds is 4. The van der Waals surface area contributed by atoms with Crippen molar-refractivity contribution < 1.29 is 5.11 Å². The van der Waals surface area contributed by atoms with Crippen molar-refractivity contribution in [1.29, 1.82) is 0 Å². The minimum atomic E-state index is 0.188. The van der Waals surface area contributed by atoms with Crippen LogP contribution in [0.1, 0.15) is 13.3 Å². The molecule has 0 unspecified atom stereocenters. The molecule has 0 bridgehead atoms. The molecule has 2 N–H and O–H groups in total. The lowest BCUT2D eigenvalue weighted by Crippen LogP contribution is -2.17. The number of nitrogens with one attached hydrogen (secondary N) is 1. The summed E-state index contributed by atoms with van der Waals surface area (Å²) in [6.45, 7) is 2.21. The van der Waals surface area contributed by atoms with E-state index in [9.17, 15) is 0 Å². The first-order valence-corrected chi connectivity index (χ1v) is 5.90. The number of anilines is 1. The van der Waals surface area contributed by atoms with Crippen LogP contribution in [0.25, 0.3) is 0 Å². The standard InChI is InChI=1S/C9H12Br2N2O/c1-6(2-3-14)13-8-4-7(10)5-12-9(8)11/h4-6,13-14H,2-3H2,1H3/t6-/m0/s1. The molecule has 0 saturated carbocycles. The molecule has 0 aliphatic heterocycles. The van der Waals surface area contributed by atoms with Gasteiger partial charge in [-0.15, -0.1) is 0 Å². The molecule has 0 amide bonds. The number of nitrogens with zero attached hydrogens (tertiary/aromatic N) is 1. The molecule has 0 fully saturated rings. The zero-order chi connectivity index (χ0) is 10.6. The van der Waals surface area contributed by atoms with Crippen molar-refractivity contribution in [1.82, 2.24) is 4.98 Å². The Balaban J connectivity index is 2.70. The Kier molecular flexibility index (Phi) is 4.84. The fraction of sp³-hybridized carbons (Fsp3) is 0.444. The van der Waals surface area contributed by atoms with Crippen LogP contribution < -0.4 is 5.32 Å². The minimum Gasteiger partial charge on any atom is -0.396 e. The lowest BCUT2D eigenvalue weighted by molar-refractivity contribution is 0.282. The molecular weight excluding hydrogens is 312 g/mol. The summed E-state index contributed by atoms with van der Waals surface area (Å²) >= 11 is 6.71. The van der Waals surface area contributed by atoms with Crippen LogP contribution in [-0.2, 0) is 0 Å². The van der Waals surface area contributed by atoms with Gasteiger partial charge in [-0.2, -0.15) is 0 Å². The molecule has 5 heteroatoms. The highest BCUT2D eigenvalue weighted by Crippen LogP contribution is 2.24. The summed E-state index contributed by atoms with van der Waals surface area (Å²) in [5.74, 6) is 0. The Morgan fingerprint density at radius 1 is 1.57 bits per heavy atom. The third-order valence-electron chi connectivity index (χ3n) is 1.77. The van der Waals surface area contributed by atoms with E-state index in [0.717, 1.165) is 21.2 Å². The van der Waals surface area contributed by atoms with Gasteiger partial charge in [0.25, 0.3) is 0 Å². The molecule has 1 aromatic rings. The van der Waals surface area contributed by atoms with Crippen molar-refractivity contribution in [3.8, 4) is 0 Å². The van der Waals surface area contributed by atoms with Crippen LogP contribution in [0.5, 0.6) is 0 Å². The molecule has 78 valence electrons. The highest BCUT2D eigenvalue weighted by Gasteiger charge is 2.05. The molecule has 14 heavy (non-hydrogen) atoms. The third kappa shape index (κ3) is 3.55. The van der Waals surface area contributed by atoms with Crippen LogP contribution in [0.2, 0.25) is 0 Å². The summed E-state index contributed by atoms with van der Waals surface area (Å²) in [5, 5.41) is 12.0. The molecule has 0 spiro atoms. The topological polar surface area (TPSA) is 45.1 Å². The Morgan fingerprint density at radius 3 is 2.93 bits per heavy atom. The zero-order valence-electron chi connectivity index (χ0n) is 7.80. The third-order valence-corrected chi connectivity index (χ3v) is 2.84. The van der Waals surface area contributed by atoms with Gasteiger partial charge < -0.3 is 10.4 Å². The van der Waals surface area contributed by atoms with Gasteiger partial charge in [0.15, 0.2) is 0 Å². The molecule has 0 saturated heterocycles. The van der Waals surface area contributed by atoms with Gasteiger partial charge in [0.2, 0.25) is 0 Å². The number of hydrogen-bond donors (Lipinski definition) is 2. The molecule has 0 aliphatic rings. The number of aromatic nitrogens is 1. The lowest BCUT2D eigenvalue weighted by atomic mass is 10.2. The highest BCUT2D eigenvalue weighted by atomic mass is 79.9. The van der Waals surface area contributed by atoms with E-state index in [1.807, 2.05) is 13.0 Å². The average molecular weight is 324 g/mol. The zero-order valence-corrected chi connectivity index (χ0v) is 11.0. The lowest BCUT2D eigenvalue weighted by Gasteiger charge is -2.14. The molecule has 1 heterocycles. The maximum absolute atomic E-state index is 8.76. The van der Waals surface area contributed by atoms with Crippen molar-refractivity contribution in [3.63, 3.8) is 0 Å². The predicted octanol–water partition coefficient (Wildman–Crippen LogP) is 2.79. The number of halogens is 2. The van der Waals surface area contributed by atoms with Crippen LogP contribution in [0, 0.1) is 0 Å². The predicted molar refractivity (Wildman–Crippen MR) is 64.4 cm³/mol. The summed E-state index contributed by atoms with van der Waals surface area (Å²) in [5.41, 5.74) is 0.931. The quantitative estimate of drug-likeness (QED) is 0.837. The van der Waals surface area contributed by atoms with Crippen molar-refractivity contribution in [2.45, 2.75) is 19.4 Å². The Labute approximate surface area is 100 Å². The van der Waals surface area contributed by atoms with Crippen LogP contribution in [0.3, 0.4) is 0 Å². The van der Waals surface area contributed by atoms with E-state index in [1.54, 1.807) is 6.20 Å². The van der Waals surface area contributed by atoms with Gasteiger partial charge in [0.1, 0.15) is 4.60 Å². The van der Waals surface area contributed by atoms with Crippen LogP contribution in [-0.4, -0.2) is 22.7 Å². The molecular formula is C9H12Br2N2O. The second kappa shape index (κ2) is 5.68. The summed E-state index contributed by atoms with van der Waals surface area (Å²) in [7, 11) is 0. The van der Waals surface area contributed by atoms with Crippen LogP contribution in [0.15, 0.2) is 21.3 Å². The summed E-state index contributed by atoms with van der Waals surface area (Å²) in [6.07, 6.45) is 2.45. The maximum Gasteiger partial charge on any atom is 0.129 e. The van der Waals surface area contributed by atoms with Gasteiger partial charge in [0, 0.05) is 23.3 Å². The Bertz CT molecular complexity index is 307. The number of pyridine rings is 1. The highest BCUT2D eigenvalue weighted by molar-refractivity contribution is 9.11. The van der Waals surface area contributed by atoms with E-state index >= 15 is 0 Å². The van der Waals surface area contributed by atoms with Crippen molar-refractivity contribution in [3.05, 3.63) is 21.3 Å². The monoisotopic (exact) mass is 322 g/mol. The molecule has 1 aromatic heterocycles. The second-order valence-corrected chi connectivity index (χ2v) is 4.72. The van der Waals surface area contributed by atoms with Crippen LogP contribution >= 0.6 is 31.9 Å². The summed E-state index contributed by atoms with van der Waals surface area (Å²) in [6, 6.07) is 2.18. The first-order valence-electron chi connectivity index (χ1n) is 4.32.